The molecule has 122 valence electrons. The molecule has 0 amide bonds. The van der Waals surface area contributed by atoms with Gasteiger partial charge in [0, 0.05) is 18.3 Å². The molecule has 1 unspecified atom stereocenters. The molecule has 0 spiro atoms. The van der Waals surface area contributed by atoms with Gasteiger partial charge in [-0.15, -0.1) is 0 Å². The second kappa shape index (κ2) is 6.58. The van der Waals surface area contributed by atoms with E-state index in [9.17, 15) is 9.59 Å². The van der Waals surface area contributed by atoms with Crippen LogP contribution in [0.15, 0.2) is 60.8 Å². The quantitative estimate of drug-likeness (QED) is 0.934. The van der Waals surface area contributed by atoms with Crippen molar-refractivity contribution >= 4 is 17.4 Å². The Balaban J connectivity index is 1.94. The summed E-state index contributed by atoms with van der Waals surface area (Å²) in [5.41, 5.74) is 2.07. The number of carbonyl (C=O) groups excluding carboxylic acids is 1. The van der Waals surface area contributed by atoms with E-state index in [0.29, 0.717) is 6.42 Å². The number of aromatic carboxylic acids is 1. The number of rotatable bonds is 4. The predicted octanol–water partition coefficient (Wildman–Crippen LogP) is 3.43. The molecule has 0 radical (unpaired) electrons. The van der Waals surface area contributed by atoms with Crippen LogP contribution in [0.25, 0.3) is 0 Å². The Morgan fingerprint density at radius 1 is 1.12 bits per heavy atom. The number of nitrogens with zero attached hydrogens (tertiary/aromatic N) is 1. The summed E-state index contributed by atoms with van der Waals surface area (Å²) < 4.78 is 5.17. The molecule has 0 fully saturated rings. The van der Waals surface area contributed by atoms with Crippen LogP contribution in [0.1, 0.15) is 28.4 Å². The minimum Gasteiger partial charge on any atom is -0.497 e. The van der Waals surface area contributed by atoms with Gasteiger partial charge in [0.2, 0.25) is 0 Å². The molecule has 0 aliphatic carbocycles. The first-order valence-corrected chi connectivity index (χ1v) is 7.55. The van der Waals surface area contributed by atoms with Gasteiger partial charge in [-0.3, -0.25) is 4.79 Å². The maximum absolute atomic E-state index is 11.9. The standard InChI is InChI=1S/C19H17NO4/c1-24-17-8-4-13(5-9-17)18-12-16(21)10-11-20(18)15-6-2-14(3-7-15)19(22)23/h2-11,18H,12H2,1H3,(H,22,23). The second-order valence-electron chi connectivity index (χ2n) is 5.53. The lowest BCUT2D eigenvalue weighted by Gasteiger charge is -2.33. The molecule has 0 saturated heterocycles. The highest BCUT2D eigenvalue weighted by Crippen LogP contribution is 2.34. The number of carbonyl (C=O) groups is 2. The van der Waals surface area contributed by atoms with E-state index < -0.39 is 5.97 Å². The smallest absolute Gasteiger partial charge is 0.335 e. The fraction of sp³-hybridized carbons (Fsp3) is 0.158. The molecule has 1 aliphatic heterocycles. The fourth-order valence-electron chi connectivity index (χ4n) is 2.77. The van der Waals surface area contributed by atoms with E-state index in [1.807, 2.05) is 29.2 Å². The largest absolute Gasteiger partial charge is 0.497 e. The monoisotopic (exact) mass is 323 g/mol. The SMILES string of the molecule is COc1ccc(C2CC(=O)C=CN2c2ccc(C(=O)O)cc2)cc1. The highest BCUT2D eigenvalue weighted by Gasteiger charge is 2.25. The number of allylic oxidation sites excluding steroid dienone is 1. The van der Waals surface area contributed by atoms with E-state index in [2.05, 4.69) is 0 Å². The molecular formula is C19H17NO4. The average molecular weight is 323 g/mol. The number of ketones is 1. The third-order valence-electron chi connectivity index (χ3n) is 4.06. The molecule has 0 aromatic heterocycles. The molecular weight excluding hydrogens is 306 g/mol. The van der Waals surface area contributed by atoms with Crippen molar-refractivity contribution in [3.05, 3.63) is 71.9 Å². The van der Waals surface area contributed by atoms with E-state index in [4.69, 9.17) is 9.84 Å². The van der Waals surface area contributed by atoms with E-state index in [0.717, 1.165) is 17.0 Å². The van der Waals surface area contributed by atoms with Gasteiger partial charge in [-0.1, -0.05) is 12.1 Å². The van der Waals surface area contributed by atoms with E-state index >= 15 is 0 Å². The summed E-state index contributed by atoms with van der Waals surface area (Å²) in [6.45, 7) is 0. The van der Waals surface area contributed by atoms with Crippen molar-refractivity contribution in [1.82, 2.24) is 0 Å². The van der Waals surface area contributed by atoms with Gasteiger partial charge >= 0.3 is 5.97 Å². The van der Waals surface area contributed by atoms with Crippen LogP contribution in [-0.4, -0.2) is 24.0 Å². The van der Waals surface area contributed by atoms with Crippen LogP contribution in [0.5, 0.6) is 5.75 Å². The van der Waals surface area contributed by atoms with Crippen molar-refractivity contribution in [2.45, 2.75) is 12.5 Å². The van der Waals surface area contributed by atoms with Gasteiger partial charge in [-0.05, 0) is 48.0 Å². The Kier molecular flexibility index (Phi) is 4.33. The zero-order valence-corrected chi connectivity index (χ0v) is 13.2. The Labute approximate surface area is 139 Å². The number of hydrogen-bond donors (Lipinski definition) is 1. The van der Waals surface area contributed by atoms with E-state index in [1.165, 1.54) is 0 Å². The van der Waals surface area contributed by atoms with Crippen LogP contribution in [-0.2, 0) is 4.79 Å². The van der Waals surface area contributed by atoms with Crippen LogP contribution >= 0.6 is 0 Å². The highest BCUT2D eigenvalue weighted by molar-refractivity contribution is 5.93. The molecule has 2 aromatic carbocycles. The first-order valence-electron chi connectivity index (χ1n) is 7.55. The van der Waals surface area contributed by atoms with E-state index in [1.54, 1.807) is 43.7 Å². The van der Waals surface area contributed by atoms with Gasteiger partial charge in [0.15, 0.2) is 5.78 Å². The maximum Gasteiger partial charge on any atom is 0.335 e. The number of carboxylic acids is 1. The lowest BCUT2D eigenvalue weighted by atomic mass is 9.96. The Hall–Kier alpha value is -3.08. The Bertz CT molecular complexity index is 778. The van der Waals surface area contributed by atoms with E-state index in [-0.39, 0.29) is 17.4 Å². The van der Waals surface area contributed by atoms with Crippen LogP contribution in [0.4, 0.5) is 5.69 Å². The summed E-state index contributed by atoms with van der Waals surface area (Å²) in [5, 5.41) is 9.02. The summed E-state index contributed by atoms with van der Waals surface area (Å²) in [5.74, 6) is -0.138. The molecule has 5 nitrogen and oxygen atoms in total. The number of carboxylic acid groups (broad SMARTS) is 1. The highest BCUT2D eigenvalue weighted by atomic mass is 16.5. The van der Waals surface area contributed by atoms with Gasteiger partial charge in [0.25, 0.3) is 0 Å². The zero-order valence-electron chi connectivity index (χ0n) is 13.2. The van der Waals surface area contributed by atoms with Gasteiger partial charge in [-0.25, -0.2) is 4.79 Å². The lowest BCUT2D eigenvalue weighted by molar-refractivity contribution is -0.115. The summed E-state index contributed by atoms with van der Waals surface area (Å²) in [4.78, 5) is 24.8. The fourth-order valence-corrected chi connectivity index (χ4v) is 2.77. The molecule has 0 bridgehead atoms. The molecule has 1 heterocycles. The van der Waals surface area contributed by atoms with Crippen LogP contribution < -0.4 is 9.64 Å². The topological polar surface area (TPSA) is 66.8 Å². The molecule has 1 aliphatic rings. The molecule has 2 aromatic rings. The average Bonchev–Trinajstić information content (AvgIpc) is 2.62. The van der Waals surface area contributed by atoms with Crippen LogP contribution in [0.2, 0.25) is 0 Å². The molecule has 1 N–H and O–H groups in total. The van der Waals surface area contributed by atoms with Gasteiger partial charge < -0.3 is 14.7 Å². The number of ether oxygens (including phenoxy) is 1. The predicted molar refractivity (Wildman–Crippen MR) is 90.4 cm³/mol. The first-order chi connectivity index (χ1) is 11.6. The minimum absolute atomic E-state index is 0.0641. The molecule has 3 rings (SSSR count). The first kappa shape index (κ1) is 15.8. The van der Waals surface area contributed by atoms with Crippen molar-refractivity contribution in [2.24, 2.45) is 0 Å². The second-order valence-corrected chi connectivity index (χ2v) is 5.53. The van der Waals surface area contributed by atoms with Crippen molar-refractivity contribution in [3.8, 4) is 5.75 Å². The lowest BCUT2D eigenvalue weighted by Crippen LogP contribution is -2.29. The third-order valence-corrected chi connectivity index (χ3v) is 4.06. The van der Waals surface area contributed by atoms with Gasteiger partial charge in [-0.2, -0.15) is 0 Å². The van der Waals surface area contributed by atoms with Crippen molar-refractivity contribution in [2.75, 3.05) is 12.0 Å². The molecule has 0 saturated carbocycles. The number of benzene rings is 2. The number of hydrogen-bond acceptors (Lipinski definition) is 4. The van der Waals surface area contributed by atoms with Crippen molar-refractivity contribution in [1.29, 1.82) is 0 Å². The maximum atomic E-state index is 11.9. The van der Waals surface area contributed by atoms with Gasteiger partial charge in [0.1, 0.15) is 5.75 Å². The summed E-state index contributed by atoms with van der Waals surface area (Å²) in [6, 6.07) is 14.1. The molecule has 5 heteroatoms. The van der Waals surface area contributed by atoms with Gasteiger partial charge in [0.05, 0.1) is 18.7 Å². The number of methoxy groups -OCH3 is 1. The summed E-state index contributed by atoms with van der Waals surface area (Å²) >= 11 is 0. The zero-order chi connectivity index (χ0) is 17.1. The third kappa shape index (κ3) is 3.15. The normalized spacial score (nSPS) is 17.0. The van der Waals surface area contributed by atoms with Crippen molar-refractivity contribution < 1.29 is 19.4 Å². The molecule has 24 heavy (non-hydrogen) atoms. The summed E-state index contributed by atoms with van der Waals surface area (Å²) in [6.07, 6.45) is 3.66. The Morgan fingerprint density at radius 3 is 2.38 bits per heavy atom. The minimum atomic E-state index is -0.961. The summed E-state index contributed by atoms with van der Waals surface area (Å²) in [7, 11) is 1.61. The number of anilines is 1. The Morgan fingerprint density at radius 2 is 1.79 bits per heavy atom. The van der Waals surface area contributed by atoms with Crippen molar-refractivity contribution in [3.63, 3.8) is 0 Å². The van der Waals surface area contributed by atoms with Crippen LogP contribution in [0.3, 0.4) is 0 Å². The van der Waals surface area contributed by atoms with Crippen LogP contribution in [0, 0.1) is 0 Å². The molecule has 1 atom stereocenters.